The molecule has 5 aromatic rings. The van der Waals surface area contributed by atoms with Crippen LogP contribution in [0.3, 0.4) is 0 Å². The highest BCUT2D eigenvalue weighted by Gasteiger charge is 2.35. The first-order valence-electron chi connectivity index (χ1n) is 9.86. The van der Waals surface area contributed by atoms with Crippen molar-refractivity contribution in [3.05, 3.63) is 112 Å². The Morgan fingerprint density at radius 1 is 0.935 bits per heavy atom. The average molecular weight is 447 g/mol. The lowest BCUT2D eigenvalue weighted by molar-refractivity contribution is 0.596. The molecule has 31 heavy (non-hydrogen) atoms. The Kier molecular flexibility index (Phi) is 4.86. The van der Waals surface area contributed by atoms with Crippen molar-refractivity contribution < 1.29 is 0 Å². The van der Waals surface area contributed by atoms with E-state index < -0.39 is 5.54 Å². The zero-order chi connectivity index (χ0) is 21.6. The third-order valence-corrected chi connectivity index (χ3v) is 6.28. The number of rotatable bonds is 4. The summed E-state index contributed by atoms with van der Waals surface area (Å²) < 4.78 is 1.95. The van der Waals surface area contributed by atoms with Crippen molar-refractivity contribution >= 4 is 34.1 Å². The van der Waals surface area contributed by atoms with E-state index in [4.69, 9.17) is 28.9 Å². The van der Waals surface area contributed by atoms with Crippen molar-refractivity contribution in [2.24, 2.45) is 12.8 Å². The molecule has 0 aliphatic heterocycles. The molecule has 3 N–H and O–H groups in total. The molecule has 0 aliphatic rings. The summed E-state index contributed by atoms with van der Waals surface area (Å²) in [5.74, 6) is 0. The number of nitrogens with one attached hydrogen (secondary N) is 1. The topological polar surface area (TPSA) is 59.6 Å². The quantitative estimate of drug-likeness (QED) is 0.348. The Labute approximate surface area is 190 Å². The summed E-state index contributed by atoms with van der Waals surface area (Å²) in [6.45, 7) is 0. The van der Waals surface area contributed by atoms with Gasteiger partial charge >= 0.3 is 0 Å². The van der Waals surface area contributed by atoms with Gasteiger partial charge in [-0.15, -0.1) is 0 Å². The van der Waals surface area contributed by atoms with Gasteiger partial charge in [-0.05, 0) is 53.1 Å². The van der Waals surface area contributed by atoms with Crippen molar-refractivity contribution in [1.29, 1.82) is 0 Å². The Balaban J connectivity index is 1.75. The van der Waals surface area contributed by atoms with Crippen LogP contribution < -0.4 is 5.73 Å². The van der Waals surface area contributed by atoms with Crippen LogP contribution in [0.4, 0.5) is 0 Å². The highest BCUT2D eigenvalue weighted by atomic mass is 35.5. The molecule has 2 heterocycles. The van der Waals surface area contributed by atoms with Crippen LogP contribution in [0.1, 0.15) is 16.8 Å². The molecule has 2 aromatic heterocycles. The molecule has 0 bridgehead atoms. The van der Waals surface area contributed by atoms with Crippen LogP contribution in [-0.4, -0.2) is 14.5 Å². The minimum atomic E-state index is -0.910. The fourth-order valence-corrected chi connectivity index (χ4v) is 4.49. The summed E-state index contributed by atoms with van der Waals surface area (Å²) in [5, 5.41) is 2.44. The van der Waals surface area contributed by atoms with Gasteiger partial charge in [-0.1, -0.05) is 53.5 Å². The maximum atomic E-state index is 7.19. The van der Waals surface area contributed by atoms with Gasteiger partial charge in [0.1, 0.15) is 5.54 Å². The van der Waals surface area contributed by atoms with Crippen LogP contribution in [0.5, 0.6) is 0 Å². The smallest absolute Gasteiger partial charge is 0.109 e. The van der Waals surface area contributed by atoms with Gasteiger partial charge in [0, 0.05) is 39.8 Å². The minimum absolute atomic E-state index is 0.667. The maximum Gasteiger partial charge on any atom is 0.109 e. The Bertz CT molecular complexity index is 1380. The Morgan fingerprint density at radius 2 is 1.71 bits per heavy atom. The molecule has 0 fully saturated rings. The van der Waals surface area contributed by atoms with E-state index in [1.807, 2.05) is 66.5 Å². The molecule has 5 rings (SSSR count). The molecule has 3 aromatic carbocycles. The van der Waals surface area contributed by atoms with Crippen molar-refractivity contribution in [2.45, 2.75) is 5.54 Å². The zero-order valence-corrected chi connectivity index (χ0v) is 18.3. The highest BCUT2D eigenvalue weighted by molar-refractivity contribution is 6.31. The first-order chi connectivity index (χ1) is 15.0. The number of nitrogens with two attached hydrogens (primary N) is 1. The molecule has 0 amide bonds. The molecule has 0 saturated carbocycles. The monoisotopic (exact) mass is 446 g/mol. The summed E-state index contributed by atoms with van der Waals surface area (Å²) in [4.78, 5) is 7.68. The predicted octanol–water partition coefficient (Wildman–Crippen LogP) is 6.13. The number of aryl methyl sites for hydroxylation is 1. The van der Waals surface area contributed by atoms with Gasteiger partial charge in [-0.25, -0.2) is 4.98 Å². The number of fused-ring (bicyclic) bond motifs is 1. The normalized spacial score (nSPS) is 13.4. The Morgan fingerprint density at radius 3 is 2.42 bits per heavy atom. The van der Waals surface area contributed by atoms with Gasteiger partial charge in [-0.3, -0.25) is 0 Å². The van der Waals surface area contributed by atoms with Crippen LogP contribution >= 0.6 is 23.2 Å². The van der Waals surface area contributed by atoms with Crippen LogP contribution in [0, 0.1) is 0 Å². The molecule has 0 spiro atoms. The summed E-state index contributed by atoms with van der Waals surface area (Å²) in [5.41, 5.74) is 12.2. The minimum Gasteiger partial charge on any atom is -0.361 e. The van der Waals surface area contributed by atoms with Gasteiger partial charge in [0.05, 0.1) is 18.2 Å². The van der Waals surface area contributed by atoms with E-state index in [-0.39, 0.29) is 0 Å². The fourth-order valence-electron chi connectivity index (χ4n) is 4.17. The second-order valence-electron chi connectivity index (χ2n) is 7.68. The number of nitrogens with zero attached hydrogens (tertiary/aromatic N) is 2. The van der Waals surface area contributed by atoms with E-state index in [1.54, 1.807) is 6.33 Å². The lowest BCUT2D eigenvalue weighted by Gasteiger charge is -2.31. The second kappa shape index (κ2) is 7.57. The van der Waals surface area contributed by atoms with Crippen LogP contribution in [0.25, 0.3) is 22.0 Å². The lowest BCUT2D eigenvalue weighted by Crippen LogP contribution is -2.40. The van der Waals surface area contributed by atoms with Crippen LogP contribution in [0.15, 0.2) is 85.5 Å². The SMILES string of the molecule is Cn1cncc1C(N)(c1ccc(Cl)cc1)c1ccc2[nH]cc(-c3cccc(Cl)c3)c2c1. The predicted molar refractivity (Wildman–Crippen MR) is 127 cm³/mol. The van der Waals surface area contributed by atoms with Gasteiger partial charge < -0.3 is 15.3 Å². The molecular weight excluding hydrogens is 427 g/mol. The van der Waals surface area contributed by atoms with Crippen molar-refractivity contribution in [2.75, 3.05) is 0 Å². The van der Waals surface area contributed by atoms with Gasteiger partial charge in [-0.2, -0.15) is 0 Å². The van der Waals surface area contributed by atoms with E-state index in [2.05, 4.69) is 34.2 Å². The number of hydrogen-bond donors (Lipinski definition) is 2. The molecule has 4 nitrogen and oxygen atoms in total. The summed E-state index contributed by atoms with van der Waals surface area (Å²) >= 11 is 12.4. The largest absolute Gasteiger partial charge is 0.361 e. The standard InChI is InChI=1S/C25H20Cl2N4/c1-31-15-29-14-24(31)25(28,17-5-8-19(26)9-6-17)18-7-10-23-21(12-18)22(13-30-23)16-3-2-4-20(27)11-16/h2-15,30H,28H2,1H3. The number of halogens is 2. The summed E-state index contributed by atoms with van der Waals surface area (Å²) in [7, 11) is 1.95. The van der Waals surface area contributed by atoms with Crippen molar-refractivity contribution in [3.8, 4) is 11.1 Å². The molecule has 6 heteroatoms. The molecule has 0 saturated heterocycles. The van der Waals surface area contributed by atoms with Crippen LogP contribution in [-0.2, 0) is 12.6 Å². The number of benzene rings is 3. The second-order valence-corrected chi connectivity index (χ2v) is 8.55. The van der Waals surface area contributed by atoms with E-state index in [1.165, 1.54) is 0 Å². The van der Waals surface area contributed by atoms with Crippen LogP contribution in [0.2, 0.25) is 10.0 Å². The average Bonchev–Trinajstić information content (AvgIpc) is 3.39. The molecule has 1 unspecified atom stereocenters. The molecular formula is C25H20Cl2N4. The highest BCUT2D eigenvalue weighted by Crippen LogP contribution is 2.38. The fraction of sp³-hybridized carbons (Fsp3) is 0.0800. The molecule has 0 radical (unpaired) electrons. The van der Waals surface area contributed by atoms with Crippen molar-refractivity contribution in [1.82, 2.24) is 14.5 Å². The Hall–Kier alpha value is -3.05. The van der Waals surface area contributed by atoms with E-state index in [0.717, 1.165) is 38.9 Å². The third kappa shape index (κ3) is 3.33. The maximum absolute atomic E-state index is 7.19. The van der Waals surface area contributed by atoms with Crippen molar-refractivity contribution in [3.63, 3.8) is 0 Å². The van der Waals surface area contributed by atoms with Gasteiger partial charge in [0.15, 0.2) is 0 Å². The molecule has 1 atom stereocenters. The first-order valence-corrected chi connectivity index (χ1v) is 10.6. The number of hydrogen-bond acceptors (Lipinski definition) is 2. The number of H-pyrrole nitrogens is 1. The molecule has 0 aliphatic carbocycles. The summed E-state index contributed by atoms with van der Waals surface area (Å²) in [6.07, 6.45) is 5.58. The number of imidazole rings is 1. The third-order valence-electron chi connectivity index (χ3n) is 5.79. The van der Waals surface area contributed by atoms with Gasteiger partial charge in [0.25, 0.3) is 0 Å². The number of aromatic amines is 1. The van der Waals surface area contributed by atoms with E-state index >= 15 is 0 Å². The van der Waals surface area contributed by atoms with E-state index in [9.17, 15) is 0 Å². The van der Waals surface area contributed by atoms with Gasteiger partial charge in [0.2, 0.25) is 0 Å². The van der Waals surface area contributed by atoms with E-state index in [0.29, 0.717) is 10.0 Å². The zero-order valence-electron chi connectivity index (χ0n) is 16.8. The molecule has 154 valence electrons. The summed E-state index contributed by atoms with van der Waals surface area (Å²) in [6, 6.07) is 21.8. The first kappa shape index (κ1) is 19.9. The number of aromatic nitrogens is 3. The lowest BCUT2D eigenvalue weighted by atomic mass is 9.80.